The lowest BCUT2D eigenvalue weighted by Crippen LogP contribution is -2.24. The molecule has 1 aromatic heterocycles. The van der Waals surface area contributed by atoms with Crippen LogP contribution < -0.4 is 10.2 Å². The summed E-state index contributed by atoms with van der Waals surface area (Å²) in [7, 11) is 1.60. The number of methoxy groups -OCH3 is 1. The van der Waals surface area contributed by atoms with Crippen LogP contribution in [0.4, 0.5) is 0 Å². The first-order valence-corrected chi connectivity index (χ1v) is 7.08. The summed E-state index contributed by atoms with van der Waals surface area (Å²) in [6, 6.07) is 8.94. The smallest absolute Gasteiger partial charge is 0.341 e. The van der Waals surface area contributed by atoms with Crippen LogP contribution in [0.5, 0.6) is 5.75 Å². The highest BCUT2D eigenvalue weighted by Gasteiger charge is 2.19. The van der Waals surface area contributed by atoms with Crippen LogP contribution in [0.25, 0.3) is 0 Å². The standard InChI is InChI=1S/C17H19NO4/c1-4-13-16(17(20)21)14(19)9-11(2)18(13)10-12-7-5-6-8-15(12)22-3/h5-9H,4,10H2,1-3H3,(H,20,21). The molecule has 0 fully saturated rings. The van der Waals surface area contributed by atoms with Crippen molar-refractivity contribution >= 4 is 5.97 Å². The van der Waals surface area contributed by atoms with Gasteiger partial charge in [-0.2, -0.15) is 0 Å². The zero-order valence-electron chi connectivity index (χ0n) is 12.9. The largest absolute Gasteiger partial charge is 0.496 e. The molecule has 0 saturated heterocycles. The topological polar surface area (TPSA) is 68.5 Å². The first-order valence-electron chi connectivity index (χ1n) is 7.08. The van der Waals surface area contributed by atoms with E-state index >= 15 is 0 Å². The highest BCUT2D eigenvalue weighted by molar-refractivity contribution is 5.88. The van der Waals surface area contributed by atoms with Crippen molar-refractivity contribution in [1.82, 2.24) is 4.57 Å². The van der Waals surface area contributed by atoms with E-state index < -0.39 is 11.4 Å². The quantitative estimate of drug-likeness (QED) is 0.921. The number of pyridine rings is 1. The van der Waals surface area contributed by atoms with Crippen LogP contribution in [0.3, 0.4) is 0 Å². The van der Waals surface area contributed by atoms with Gasteiger partial charge in [-0.15, -0.1) is 0 Å². The molecule has 0 spiro atoms. The van der Waals surface area contributed by atoms with Crippen molar-refractivity contribution in [2.24, 2.45) is 0 Å². The number of carboxylic acid groups (broad SMARTS) is 1. The molecule has 5 nitrogen and oxygen atoms in total. The number of hydrogen-bond donors (Lipinski definition) is 1. The molecule has 2 aromatic rings. The van der Waals surface area contributed by atoms with Crippen molar-refractivity contribution in [2.45, 2.75) is 26.8 Å². The number of ether oxygens (including phenoxy) is 1. The summed E-state index contributed by atoms with van der Waals surface area (Å²) in [6.45, 7) is 4.11. The monoisotopic (exact) mass is 301 g/mol. The summed E-state index contributed by atoms with van der Waals surface area (Å²) in [5, 5.41) is 9.32. The van der Waals surface area contributed by atoms with Crippen LogP contribution in [0.1, 0.15) is 34.2 Å². The third kappa shape index (κ3) is 2.88. The van der Waals surface area contributed by atoms with Gasteiger partial charge >= 0.3 is 5.97 Å². The van der Waals surface area contributed by atoms with Crippen molar-refractivity contribution < 1.29 is 14.6 Å². The SMILES string of the molecule is CCc1c(C(=O)O)c(=O)cc(C)n1Cc1ccccc1OC. The van der Waals surface area contributed by atoms with Gasteiger partial charge in [0.15, 0.2) is 5.43 Å². The second kappa shape index (κ2) is 6.47. The minimum absolute atomic E-state index is 0.150. The van der Waals surface area contributed by atoms with Crippen molar-refractivity contribution in [3.63, 3.8) is 0 Å². The van der Waals surface area contributed by atoms with Gasteiger partial charge in [0.1, 0.15) is 11.3 Å². The minimum atomic E-state index is -1.18. The first-order chi connectivity index (χ1) is 10.5. The van der Waals surface area contributed by atoms with Gasteiger partial charge in [0.2, 0.25) is 0 Å². The van der Waals surface area contributed by atoms with E-state index in [2.05, 4.69) is 0 Å². The molecule has 5 heteroatoms. The summed E-state index contributed by atoms with van der Waals surface area (Å²) in [5.41, 5.74) is 1.60. The zero-order valence-corrected chi connectivity index (χ0v) is 12.9. The molecule has 0 aliphatic heterocycles. The summed E-state index contributed by atoms with van der Waals surface area (Å²) in [4.78, 5) is 23.4. The molecule has 0 atom stereocenters. The van der Waals surface area contributed by atoms with Crippen molar-refractivity contribution in [3.05, 3.63) is 63.1 Å². The van der Waals surface area contributed by atoms with E-state index in [0.717, 1.165) is 17.0 Å². The molecular formula is C17H19NO4. The molecule has 1 aromatic carbocycles. The van der Waals surface area contributed by atoms with Crippen LogP contribution in [-0.4, -0.2) is 22.8 Å². The van der Waals surface area contributed by atoms with Crippen molar-refractivity contribution in [1.29, 1.82) is 0 Å². The van der Waals surface area contributed by atoms with E-state index in [9.17, 15) is 14.7 Å². The maximum absolute atomic E-state index is 12.0. The second-order valence-electron chi connectivity index (χ2n) is 5.03. The van der Waals surface area contributed by atoms with Gasteiger partial charge in [0, 0.05) is 23.0 Å². The summed E-state index contributed by atoms with van der Waals surface area (Å²) < 4.78 is 7.20. The molecule has 0 aliphatic rings. The lowest BCUT2D eigenvalue weighted by Gasteiger charge is -2.19. The van der Waals surface area contributed by atoms with Crippen molar-refractivity contribution in [2.75, 3.05) is 7.11 Å². The molecule has 0 bridgehead atoms. The Morgan fingerprint density at radius 1 is 1.32 bits per heavy atom. The van der Waals surface area contributed by atoms with E-state index in [1.54, 1.807) is 7.11 Å². The van der Waals surface area contributed by atoms with Crippen molar-refractivity contribution in [3.8, 4) is 5.75 Å². The molecule has 0 aliphatic carbocycles. The van der Waals surface area contributed by atoms with Crippen LogP contribution in [0.15, 0.2) is 35.1 Å². The Labute approximate surface area is 128 Å². The molecule has 0 unspecified atom stereocenters. The Hall–Kier alpha value is -2.56. The average molecular weight is 301 g/mol. The van der Waals surface area contributed by atoms with Gasteiger partial charge in [-0.3, -0.25) is 4.79 Å². The fraction of sp³-hybridized carbons (Fsp3) is 0.294. The van der Waals surface area contributed by atoms with Gasteiger partial charge in [-0.05, 0) is 19.4 Å². The second-order valence-corrected chi connectivity index (χ2v) is 5.03. The predicted molar refractivity (Wildman–Crippen MR) is 83.9 cm³/mol. The van der Waals surface area contributed by atoms with Gasteiger partial charge in [0.25, 0.3) is 0 Å². The number of aromatic carboxylic acids is 1. The lowest BCUT2D eigenvalue weighted by atomic mass is 10.1. The number of para-hydroxylation sites is 1. The number of benzene rings is 1. The van der Waals surface area contributed by atoms with E-state index in [1.807, 2.05) is 42.7 Å². The maximum Gasteiger partial charge on any atom is 0.341 e. The molecule has 0 saturated carbocycles. The van der Waals surface area contributed by atoms with E-state index in [4.69, 9.17) is 4.74 Å². The van der Waals surface area contributed by atoms with E-state index in [-0.39, 0.29) is 5.56 Å². The molecule has 0 amide bonds. The third-order valence-corrected chi connectivity index (χ3v) is 3.70. The normalized spacial score (nSPS) is 10.5. The number of nitrogens with zero attached hydrogens (tertiary/aromatic N) is 1. The Kier molecular flexibility index (Phi) is 4.65. The number of hydrogen-bond acceptors (Lipinski definition) is 3. The van der Waals surface area contributed by atoms with E-state index in [1.165, 1.54) is 6.07 Å². The fourth-order valence-electron chi connectivity index (χ4n) is 2.65. The van der Waals surface area contributed by atoms with Gasteiger partial charge in [-0.25, -0.2) is 4.79 Å². The molecule has 1 heterocycles. The minimum Gasteiger partial charge on any atom is -0.496 e. The maximum atomic E-state index is 12.0. The number of rotatable bonds is 5. The Balaban J connectivity index is 2.62. The molecule has 22 heavy (non-hydrogen) atoms. The molecular weight excluding hydrogens is 282 g/mol. The number of carbonyl (C=O) groups is 1. The Bertz CT molecular complexity index is 762. The van der Waals surface area contributed by atoms with Crippen LogP contribution in [0, 0.1) is 6.92 Å². The molecule has 2 rings (SSSR count). The van der Waals surface area contributed by atoms with Gasteiger partial charge < -0.3 is 14.4 Å². The van der Waals surface area contributed by atoms with Crippen LogP contribution >= 0.6 is 0 Å². The van der Waals surface area contributed by atoms with Crippen LogP contribution in [-0.2, 0) is 13.0 Å². The van der Waals surface area contributed by atoms with Gasteiger partial charge in [0.05, 0.1) is 13.7 Å². The Morgan fingerprint density at radius 2 is 2.00 bits per heavy atom. The third-order valence-electron chi connectivity index (χ3n) is 3.70. The molecule has 116 valence electrons. The lowest BCUT2D eigenvalue weighted by molar-refractivity contribution is 0.0693. The van der Waals surface area contributed by atoms with Gasteiger partial charge in [-0.1, -0.05) is 25.1 Å². The molecule has 0 radical (unpaired) electrons. The summed E-state index contributed by atoms with van der Waals surface area (Å²) in [6.07, 6.45) is 0.466. The highest BCUT2D eigenvalue weighted by Crippen LogP contribution is 2.21. The first kappa shape index (κ1) is 15.8. The number of aryl methyl sites for hydroxylation is 1. The molecule has 1 N–H and O–H groups in total. The van der Waals surface area contributed by atoms with E-state index in [0.29, 0.717) is 18.7 Å². The highest BCUT2D eigenvalue weighted by atomic mass is 16.5. The summed E-state index contributed by atoms with van der Waals surface area (Å²) >= 11 is 0. The predicted octanol–water partition coefficient (Wildman–Crippen LogP) is 2.47. The Morgan fingerprint density at radius 3 is 2.59 bits per heavy atom. The fourth-order valence-corrected chi connectivity index (χ4v) is 2.65. The summed E-state index contributed by atoms with van der Waals surface area (Å²) in [5.74, 6) is -0.449. The number of carboxylic acids is 1. The average Bonchev–Trinajstić information content (AvgIpc) is 2.49. The van der Waals surface area contributed by atoms with Crippen LogP contribution in [0.2, 0.25) is 0 Å². The number of aromatic nitrogens is 1. The zero-order chi connectivity index (χ0) is 16.3.